The first kappa shape index (κ1) is 15.4. The highest BCUT2D eigenvalue weighted by Crippen LogP contribution is 2.03. The molecule has 0 fully saturated rings. The lowest BCUT2D eigenvalue weighted by molar-refractivity contribution is -0.145. The summed E-state index contributed by atoms with van der Waals surface area (Å²) in [5, 5.41) is 0. The molecule has 96 valence electrons. The van der Waals surface area contributed by atoms with Gasteiger partial charge in [-0.1, -0.05) is 32.6 Å². The van der Waals surface area contributed by atoms with Crippen LogP contribution in [-0.2, 0) is 14.3 Å². The highest BCUT2D eigenvalue weighted by molar-refractivity contribution is 5.75. The van der Waals surface area contributed by atoms with Crippen LogP contribution in [0.5, 0.6) is 0 Å². The molecular weight excluding hydrogens is 206 g/mol. The van der Waals surface area contributed by atoms with E-state index in [1.165, 1.54) is 19.3 Å². The third-order valence-electron chi connectivity index (χ3n) is 2.43. The molecule has 4 nitrogen and oxygen atoms in total. The molecule has 0 radical (unpaired) electrons. The van der Waals surface area contributed by atoms with Crippen molar-refractivity contribution in [3.63, 3.8) is 0 Å². The minimum absolute atomic E-state index is 0.312. The third-order valence-corrected chi connectivity index (χ3v) is 2.43. The summed E-state index contributed by atoms with van der Waals surface area (Å²) in [7, 11) is 1.59. The molecule has 16 heavy (non-hydrogen) atoms. The van der Waals surface area contributed by atoms with E-state index in [2.05, 4.69) is 6.92 Å². The molecule has 0 aromatic heterocycles. The Hall–Kier alpha value is -0.610. The van der Waals surface area contributed by atoms with Gasteiger partial charge < -0.3 is 15.2 Å². The van der Waals surface area contributed by atoms with E-state index in [0.717, 1.165) is 12.8 Å². The van der Waals surface area contributed by atoms with Gasteiger partial charge >= 0.3 is 5.97 Å². The van der Waals surface area contributed by atoms with Crippen LogP contribution in [0, 0.1) is 0 Å². The lowest BCUT2D eigenvalue weighted by atomic mass is 10.2. The van der Waals surface area contributed by atoms with Crippen LogP contribution in [0.25, 0.3) is 0 Å². The number of methoxy groups -OCH3 is 1. The molecule has 0 rings (SSSR count). The molecule has 0 saturated heterocycles. The highest BCUT2D eigenvalue weighted by Gasteiger charge is 2.13. The summed E-state index contributed by atoms with van der Waals surface area (Å²) in [5.41, 5.74) is 5.61. The lowest BCUT2D eigenvalue weighted by Crippen LogP contribution is -2.33. The first-order valence-electron chi connectivity index (χ1n) is 6.13. The molecule has 0 amide bonds. The first-order chi connectivity index (χ1) is 7.72. The second-order valence-corrected chi connectivity index (χ2v) is 3.97. The van der Waals surface area contributed by atoms with Crippen LogP contribution in [0.3, 0.4) is 0 Å². The summed E-state index contributed by atoms with van der Waals surface area (Å²) >= 11 is 0. The Balaban J connectivity index is 3.35. The SMILES string of the molecule is CCCCCCCOC(=O)C(N)CCOC. The van der Waals surface area contributed by atoms with Crippen LogP contribution in [0.15, 0.2) is 0 Å². The number of unbranched alkanes of at least 4 members (excludes halogenated alkanes) is 4. The normalized spacial score (nSPS) is 12.4. The smallest absolute Gasteiger partial charge is 0.322 e. The molecule has 0 aliphatic heterocycles. The molecule has 4 heteroatoms. The minimum atomic E-state index is -0.546. The molecule has 0 heterocycles. The maximum Gasteiger partial charge on any atom is 0.322 e. The van der Waals surface area contributed by atoms with E-state index in [9.17, 15) is 4.79 Å². The number of carbonyl (C=O) groups is 1. The molecule has 0 aliphatic rings. The highest BCUT2D eigenvalue weighted by atomic mass is 16.5. The molecule has 2 N–H and O–H groups in total. The number of carbonyl (C=O) groups excluding carboxylic acids is 1. The second-order valence-electron chi connectivity index (χ2n) is 3.97. The van der Waals surface area contributed by atoms with Crippen molar-refractivity contribution in [2.75, 3.05) is 20.3 Å². The van der Waals surface area contributed by atoms with E-state index in [4.69, 9.17) is 15.2 Å². The molecule has 0 aromatic rings. The topological polar surface area (TPSA) is 61.5 Å². The van der Waals surface area contributed by atoms with Crippen molar-refractivity contribution in [2.45, 2.75) is 51.5 Å². The predicted octanol–water partition coefficient (Wildman–Crippen LogP) is 1.86. The average molecular weight is 231 g/mol. The van der Waals surface area contributed by atoms with Gasteiger partial charge in [0.2, 0.25) is 0 Å². The van der Waals surface area contributed by atoms with E-state index in [1.807, 2.05) is 0 Å². The van der Waals surface area contributed by atoms with E-state index >= 15 is 0 Å². The Morgan fingerprint density at radius 1 is 1.19 bits per heavy atom. The van der Waals surface area contributed by atoms with Crippen molar-refractivity contribution < 1.29 is 14.3 Å². The lowest BCUT2D eigenvalue weighted by Gasteiger charge is -2.10. The van der Waals surface area contributed by atoms with Gasteiger partial charge in [0, 0.05) is 13.7 Å². The fraction of sp³-hybridized carbons (Fsp3) is 0.917. The van der Waals surface area contributed by atoms with E-state index < -0.39 is 6.04 Å². The first-order valence-corrected chi connectivity index (χ1v) is 6.13. The van der Waals surface area contributed by atoms with Crippen molar-refractivity contribution in [1.29, 1.82) is 0 Å². The molecule has 0 aromatic carbocycles. The van der Waals surface area contributed by atoms with Crippen molar-refractivity contribution in [3.05, 3.63) is 0 Å². The van der Waals surface area contributed by atoms with Crippen LogP contribution in [0.4, 0.5) is 0 Å². The Morgan fingerprint density at radius 2 is 1.88 bits per heavy atom. The van der Waals surface area contributed by atoms with Crippen molar-refractivity contribution in [1.82, 2.24) is 0 Å². The second kappa shape index (κ2) is 10.9. The zero-order chi connectivity index (χ0) is 12.2. The van der Waals surface area contributed by atoms with Crippen molar-refractivity contribution in [3.8, 4) is 0 Å². The summed E-state index contributed by atoms with van der Waals surface area (Å²) in [6.45, 7) is 3.16. The Morgan fingerprint density at radius 3 is 2.50 bits per heavy atom. The average Bonchev–Trinajstić information content (AvgIpc) is 2.30. The van der Waals surface area contributed by atoms with Gasteiger partial charge in [-0.05, 0) is 12.8 Å². The van der Waals surface area contributed by atoms with Gasteiger partial charge in [-0.15, -0.1) is 0 Å². The molecular formula is C12H25NO3. The maximum absolute atomic E-state index is 11.3. The molecule has 1 unspecified atom stereocenters. The summed E-state index contributed by atoms with van der Waals surface area (Å²) < 4.78 is 9.91. The molecule has 0 bridgehead atoms. The van der Waals surface area contributed by atoms with Gasteiger partial charge in [-0.2, -0.15) is 0 Å². The van der Waals surface area contributed by atoms with Gasteiger partial charge in [0.25, 0.3) is 0 Å². The van der Waals surface area contributed by atoms with Crippen molar-refractivity contribution in [2.24, 2.45) is 5.73 Å². The molecule has 0 aliphatic carbocycles. The number of hydrogen-bond acceptors (Lipinski definition) is 4. The summed E-state index contributed by atoms with van der Waals surface area (Å²) in [5.74, 6) is -0.312. The number of rotatable bonds is 10. The quantitative estimate of drug-likeness (QED) is 0.460. The van der Waals surface area contributed by atoms with Crippen molar-refractivity contribution >= 4 is 5.97 Å². The fourth-order valence-corrected chi connectivity index (χ4v) is 1.35. The van der Waals surface area contributed by atoms with Gasteiger partial charge in [-0.25, -0.2) is 0 Å². The Labute approximate surface area is 98.5 Å². The molecule has 0 saturated carbocycles. The van der Waals surface area contributed by atoms with Gasteiger partial charge in [0.15, 0.2) is 0 Å². The van der Waals surface area contributed by atoms with E-state index in [-0.39, 0.29) is 5.97 Å². The number of hydrogen-bond donors (Lipinski definition) is 1. The third kappa shape index (κ3) is 8.68. The Bertz CT molecular complexity index is 174. The predicted molar refractivity (Wildman–Crippen MR) is 64.2 cm³/mol. The van der Waals surface area contributed by atoms with Gasteiger partial charge in [0.1, 0.15) is 6.04 Å². The number of ether oxygens (including phenoxy) is 2. The van der Waals surface area contributed by atoms with E-state index in [1.54, 1.807) is 7.11 Å². The van der Waals surface area contributed by atoms with E-state index in [0.29, 0.717) is 19.6 Å². The zero-order valence-electron chi connectivity index (χ0n) is 10.5. The summed E-state index contributed by atoms with van der Waals surface area (Å²) in [6.07, 6.45) is 6.26. The zero-order valence-corrected chi connectivity index (χ0v) is 10.5. The van der Waals surface area contributed by atoms with Crippen LogP contribution < -0.4 is 5.73 Å². The largest absolute Gasteiger partial charge is 0.465 e. The monoisotopic (exact) mass is 231 g/mol. The van der Waals surface area contributed by atoms with Crippen LogP contribution in [0.1, 0.15) is 45.4 Å². The van der Waals surface area contributed by atoms with Gasteiger partial charge in [-0.3, -0.25) is 4.79 Å². The summed E-state index contributed by atoms with van der Waals surface area (Å²) in [6, 6.07) is -0.546. The molecule has 0 spiro atoms. The minimum Gasteiger partial charge on any atom is -0.465 e. The fourth-order valence-electron chi connectivity index (χ4n) is 1.35. The van der Waals surface area contributed by atoms with Crippen LogP contribution in [-0.4, -0.2) is 32.3 Å². The Kier molecular flexibility index (Phi) is 10.5. The van der Waals surface area contributed by atoms with Crippen LogP contribution in [0.2, 0.25) is 0 Å². The standard InChI is InChI=1S/C12H25NO3/c1-3-4-5-6-7-9-16-12(14)11(13)8-10-15-2/h11H,3-10,13H2,1-2H3. The molecule has 1 atom stereocenters. The number of esters is 1. The maximum atomic E-state index is 11.3. The number of nitrogens with two attached hydrogens (primary N) is 1. The summed E-state index contributed by atoms with van der Waals surface area (Å²) in [4.78, 5) is 11.3. The van der Waals surface area contributed by atoms with Gasteiger partial charge in [0.05, 0.1) is 6.61 Å². The van der Waals surface area contributed by atoms with Crippen LogP contribution >= 0.6 is 0 Å².